The quantitative estimate of drug-likeness (QED) is 0.330. The summed E-state index contributed by atoms with van der Waals surface area (Å²) in [7, 11) is 0. The summed E-state index contributed by atoms with van der Waals surface area (Å²) >= 11 is 3.50. The molecule has 2 aromatic rings. The van der Waals surface area contributed by atoms with Crippen LogP contribution >= 0.6 is 39.9 Å². The minimum atomic E-state index is 0. The van der Waals surface area contributed by atoms with E-state index in [1.165, 1.54) is 11.3 Å². The Hall–Kier alpha value is -1.35. The van der Waals surface area contributed by atoms with Crippen LogP contribution < -0.4 is 15.5 Å². The first-order chi connectivity index (χ1) is 12.7. The van der Waals surface area contributed by atoms with Crippen LogP contribution in [0.2, 0.25) is 0 Å². The lowest BCUT2D eigenvalue weighted by Gasteiger charge is -2.20. The summed E-state index contributed by atoms with van der Waals surface area (Å²) in [6, 6.07) is 13.0. The number of guanidine groups is 1. The second-order valence-corrected chi connectivity index (χ2v) is 7.34. The smallest absolute Gasteiger partial charge is 0.191 e. The third-order valence-electron chi connectivity index (χ3n) is 4.46. The van der Waals surface area contributed by atoms with Gasteiger partial charge in [-0.25, -0.2) is 0 Å². The standard InChI is InChI=1S/C20H26BrN5.HI/c1-2-23-20(24-12-9-16-4-3-11-22-14-16)25-18-10-13-26(15-18)19-7-5-17(21)6-8-19;/h3-8,11,14,18H,2,9-10,12-13,15H2,1H3,(H2,23,24,25);1H. The molecule has 0 aliphatic carbocycles. The van der Waals surface area contributed by atoms with Gasteiger partial charge in [0.2, 0.25) is 0 Å². The summed E-state index contributed by atoms with van der Waals surface area (Å²) in [6.07, 6.45) is 5.72. The normalized spacial score (nSPS) is 16.7. The van der Waals surface area contributed by atoms with Crippen LogP contribution in [0.5, 0.6) is 0 Å². The Morgan fingerprint density at radius 2 is 2.11 bits per heavy atom. The Kier molecular flexibility index (Phi) is 9.33. The average Bonchev–Trinajstić information content (AvgIpc) is 3.12. The summed E-state index contributed by atoms with van der Waals surface area (Å²) in [5.41, 5.74) is 2.49. The van der Waals surface area contributed by atoms with E-state index in [1.54, 1.807) is 6.20 Å². The van der Waals surface area contributed by atoms with Crippen molar-refractivity contribution in [3.63, 3.8) is 0 Å². The molecule has 1 aliphatic heterocycles. The summed E-state index contributed by atoms with van der Waals surface area (Å²) in [5, 5.41) is 6.94. The summed E-state index contributed by atoms with van der Waals surface area (Å²) in [6.45, 7) is 5.77. The molecule has 1 aromatic heterocycles. The van der Waals surface area contributed by atoms with Crippen LogP contribution in [0, 0.1) is 0 Å². The van der Waals surface area contributed by atoms with Crippen molar-refractivity contribution in [3.05, 3.63) is 58.8 Å². The minimum Gasteiger partial charge on any atom is -0.369 e. The zero-order valence-electron chi connectivity index (χ0n) is 15.6. The van der Waals surface area contributed by atoms with Crippen molar-refractivity contribution in [2.45, 2.75) is 25.8 Å². The van der Waals surface area contributed by atoms with Gasteiger partial charge < -0.3 is 15.5 Å². The number of nitrogens with zero attached hydrogens (tertiary/aromatic N) is 3. The van der Waals surface area contributed by atoms with Crippen molar-refractivity contribution in [1.29, 1.82) is 0 Å². The molecule has 5 nitrogen and oxygen atoms in total. The first kappa shape index (κ1) is 21.9. The molecule has 1 atom stereocenters. The zero-order valence-corrected chi connectivity index (χ0v) is 19.5. The maximum atomic E-state index is 4.72. The van der Waals surface area contributed by atoms with Crippen LogP contribution in [0.4, 0.5) is 5.69 Å². The van der Waals surface area contributed by atoms with Crippen LogP contribution in [-0.2, 0) is 6.42 Å². The van der Waals surface area contributed by atoms with E-state index in [4.69, 9.17) is 4.99 Å². The predicted octanol–water partition coefficient (Wildman–Crippen LogP) is 3.84. The molecule has 0 spiro atoms. The van der Waals surface area contributed by atoms with Gasteiger partial charge in [0.25, 0.3) is 0 Å². The fourth-order valence-electron chi connectivity index (χ4n) is 3.12. The summed E-state index contributed by atoms with van der Waals surface area (Å²) < 4.78 is 1.12. The SMILES string of the molecule is CCNC(=NCCc1cccnc1)NC1CCN(c2ccc(Br)cc2)C1.I. The molecule has 1 aliphatic rings. The minimum absolute atomic E-state index is 0. The number of anilines is 1. The molecular weight excluding hydrogens is 517 g/mol. The Labute approximate surface area is 187 Å². The van der Waals surface area contributed by atoms with Gasteiger partial charge in [0, 0.05) is 54.8 Å². The van der Waals surface area contributed by atoms with Crippen LogP contribution in [0.15, 0.2) is 58.3 Å². The molecule has 3 rings (SSSR count). The third-order valence-corrected chi connectivity index (χ3v) is 4.99. The van der Waals surface area contributed by atoms with Crippen molar-refractivity contribution in [2.24, 2.45) is 4.99 Å². The van der Waals surface area contributed by atoms with Crippen molar-refractivity contribution in [3.8, 4) is 0 Å². The molecule has 1 saturated heterocycles. The van der Waals surface area contributed by atoms with E-state index in [0.717, 1.165) is 49.5 Å². The highest BCUT2D eigenvalue weighted by atomic mass is 127. The first-order valence-corrected chi connectivity index (χ1v) is 9.98. The molecule has 1 aromatic carbocycles. The van der Waals surface area contributed by atoms with Crippen LogP contribution in [-0.4, -0.2) is 43.2 Å². The largest absolute Gasteiger partial charge is 0.369 e. The van der Waals surface area contributed by atoms with Crippen molar-refractivity contribution in [1.82, 2.24) is 15.6 Å². The van der Waals surface area contributed by atoms with Crippen molar-refractivity contribution >= 4 is 51.6 Å². The van der Waals surface area contributed by atoms with Crippen LogP contribution in [0.1, 0.15) is 18.9 Å². The van der Waals surface area contributed by atoms with Gasteiger partial charge in [-0.2, -0.15) is 0 Å². The Morgan fingerprint density at radius 1 is 1.30 bits per heavy atom. The highest BCUT2D eigenvalue weighted by Gasteiger charge is 2.23. The molecule has 2 heterocycles. The number of hydrogen-bond acceptors (Lipinski definition) is 3. The molecule has 1 fully saturated rings. The number of benzene rings is 1. The van der Waals surface area contributed by atoms with Gasteiger partial charge in [-0.05, 0) is 55.7 Å². The van der Waals surface area contributed by atoms with E-state index in [2.05, 4.69) is 73.7 Å². The molecule has 0 radical (unpaired) electrons. The average molecular weight is 544 g/mol. The van der Waals surface area contributed by atoms with E-state index in [1.807, 2.05) is 12.3 Å². The maximum absolute atomic E-state index is 4.72. The highest BCUT2D eigenvalue weighted by Crippen LogP contribution is 2.22. The van der Waals surface area contributed by atoms with Crippen LogP contribution in [0.3, 0.4) is 0 Å². The maximum Gasteiger partial charge on any atom is 0.191 e. The third kappa shape index (κ3) is 6.95. The number of rotatable bonds is 6. The molecule has 146 valence electrons. The fraction of sp³-hybridized carbons (Fsp3) is 0.400. The highest BCUT2D eigenvalue weighted by molar-refractivity contribution is 14.0. The number of aromatic nitrogens is 1. The molecule has 0 bridgehead atoms. The Morgan fingerprint density at radius 3 is 2.81 bits per heavy atom. The number of halogens is 2. The Bertz CT molecular complexity index is 708. The van der Waals surface area contributed by atoms with E-state index in [9.17, 15) is 0 Å². The van der Waals surface area contributed by atoms with Crippen LogP contribution in [0.25, 0.3) is 0 Å². The van der Waals surface area contributed by atoms with E-state index >= 15 is 0 Å². The zero-order chi connectivity index (χ0) is 18.2. The van der Waals surface area contributed by atoms with E-state index < -0.39 is 0 Å². The number of pyridine rings is 1. The van der Waals surface area contributed by atoms with Gasteiger partial charge in [-0.15, -0.1) is 24.0 Å². The molecule has 0 saturated carbocycles. The summed E-state index contributed by atoms with van der Waals surface area (Å²) in [4.78, 5) is 11.3. The molecule has 2 N–H and O–H groups in total. The number of hydrogen-bond donors (Lipinski definition) is 2. The lowest BCUT2D eigenvalue weighted by molar-refractivity contribution is 0.649. The summed E-state index contributed by atoms with van der Waals surface area (Å²) in [5.74, 6) is 0.902. The second kappa shape index (κ2) is 11.5. The topological polar surface area (TPSA) is 52.6 Å². The molecular formula is C20H27BrIN5. The fourth-order valence-corrected chi connectivity index (χ4v) is 3.39. The van der Waals surface area contributed by atoms with Gasteiger partial charge in [0.1, 0.15) is 0 Å². The first-order valence-electron chi connectivity index (χ1n) is 9.19. The number of nitrogens with one attached hydrogen (secondary N) is 2. The second-order valence-electron chi connectivity index (χ2n) is 6.42. The van der Waals surface area contributed by atoms with Gasteiger partial charge >= 0.3 is 0 Å². The van der Waals surface area contributed by atoms with Gasteiger partial charge in [-0.1, -0.05) is 22.0 Å². The van der Waals surface area contributed by atoms with E-state index in [-0.39, 0.29) is 24.0 Å². The molecule has 27 heavy (non-hydrogen) atoms. The Balaban J connectivity index is 0.00000261. The molecule has 0 amide bonds. The van der Waals surface area contributed by atoms with Gasteiger partial charge in [0.05, 0.1) is 0 Å². The predicted molar refractivity (Wildman–Crippen MR) is 127 cm³/mol. The molecule has 1 unspecified atom stereocenters. The van der Waals surface area contributed by atoms with Crippen molar-refractivity contribution in [2.75, 3.05) is 31.1 Å². The molecule has 7 heteroatoms. The monoisotopic (exact) mass is 543 g/mol. The number of aliphatic imine (C=N–C) groups is 1. The van der Waals surface area contributed by atoms with Gasteiger partial charge in [0.15, 0.2) is 5.96 Å². The van der Waals surface area contributed by atoms with Gasteiger partial charge in [-0.3, -0.25) is 9.98 Å². The van der Waals surface area contributed by atoms with Crippen molar-refractivity contribution < 1.29 is 0 Å². The lowest BCUT2D eigenvalue weighted by atomic mass is 10.2. The lowest BCUT2D eigenvalue weighted by Crippen LogP contribution is -2.44. The van der Waals surface area contributed by atoms with E-state index in [0.29, 0.717) is 6.04 Å².